The SMILES string of the molecule is CC(C)OC1CCC(NC(=O)[C@@H]2N[C@H]2C2CC2)C1. The fourth-order valence-electron chi connectivity index (χ4n) is 3.12. The van der Waals surface area contributed by atoms with E-state index in [0.717, 1.165) is 25.2 Å². The highest BCUT2D eigenvalue weighted by Crippen LogP contribution is 2.39. The molecule has 3 fully saturated rings. The Labute approximate surface area is 109 Å². The topological polar surface area (TPSA) is 60.3 Å². The summed E-state index contributed by atoms with van der Waals surface area (Å²) in [4.78, 5) is 12.0. The van der Waals surface area contributed by atoms with Crippen LogP contribution in [0.4, 0.5) is 0 Å². The Balaban J connectivity index is 1.39. The molecule has 1 heterocycles. The van der Waals surface area contributed by atoms with Crippen LogP contribution in [-0.2, 0) is 9.53 Å². The maximum Gasteiger partial charge on any atom is 0.238 e. The molecule has 0 bridgehead atoms. The minimum absolute atomic E-state index is 0.0996. The molecule has 2 unspecified atom stereocenters. The van der Waals surface area contributed by atoms with E-state index < -0.39 is 0 Å². The third kappa shape index (κ3) is 2.86. The van der Waals surface area contributed by atoms with Crippen LogP contribution in [0.3, 0.4) is 0 Å². The van der Waals surface area contributed by atoms with Crippen LogP contribution < -0.4 is 10.6 Å². The van der Waals surface area contributed by atoms with Crippen molar-refractivity contribution in [1.29, 1.82) is 0 Å². The van der Waals surface area contributed by atoms with Gasteiger partial charge in [-0.1, -0.05) is 0 Å². The predicted octanol–water partition coefficient (Wildman–Crippen LogP) is 1.20. The van der Waals surface area contributed by atoms with Crippen molar-refractivity contribution < 1.29 is 9.53 Å². The molecule has 0 aromatic rings. The van der Waals surface area contributed by atoms with Crippen LogP contribution in [0.25, 0.3) is 0 Å². The van der Waals surface area contributed by atoms with E-state index >= 15 is 0 Å². The zero-order chi connectivity index (χ0) is 12.7. The minimum atomic E-state index is 0.0996. The van der Waals surface area contributed by atoms with Gasteiger partial charge in [-0.25, -0.2) is 0 Å². The van der Waals surface area contributed by atoms with Gasteiger partial charge in [0, 0.05) is 12.1 Å². The van der Waals surface area contributed by atoms with Crippen LogP contribution >= 0.6 is 0 Å². The monoisotopic (exact) mass is 252 g/mol. The molecule has 4 nitrogen and oxygen atoms in total. The van der Waals surface area contributed by atoms with Crippen LogP contribution in [0.5, 0.6) is 0 Å². The molecule has 4 atom stereocenters. The summed E-state index contributed by atoms with van der Waals surface area (Å²) in [6, 6.07) is 0.903. The van der Waals surface area contributed by atoms with Gasteiger partial charge < -0.3 is 10.1 Å². The lowest BCUT2D eigenvalue weighted by Crippen LogP contribution is -2.37. The standard InChI is InChI=1S/C14H24N2O2/c1-8(2)18-11-6-5-10(7-11)15-14(17)13-12(16-13)9-3-4-9/h8-13,16H,3-7H2,1-2H3,(H,15,17)/t10?,11?,12-,13+/m0/s1. The molecule has 0 aromatic carbocycles. The van der Waals surface area contributed by atoms with Crippen molar-refractivity contribution in [1.82, 2.24) is 10.6 Å². The van der Waals surface area contributed by atoms with Gasteiger partial charge in [0.15, 0.2) is 0 Å². The molecular formula is C14H24N2O2. The van der Waals surface area contributed by atoms with E-state index in [2.05, 4.69) is 24.5 Å². The first-order valence-corrected chi connectivity index (χ1v) is 7.35. The number of hydrogen-bond donors (Lipinski definition) is 2. The average Bonchev–Trinajstić information content (AvgIpc) is 3.17. The van der Waals surface area contributed by atoms with Crippen molar-refractivity contribution in [2.24, 2.45) is 5.92 Å². The Morgan fingerprint density at radius 2 is 2.06 bits per heavy atom. The molecule has 1 amide bonds. The number of hydrogen-bond acceptors (Lipinski definition) is 3. The third-order valence-electron chi connectivity index (χ3n) is 4.23. The lowest BCUT2D eigenvalue weighted by atomic mass is 10.2. The minimum Gasteiger partial charge on any atom is -0.375 e. The normalized spacial score (nSPS) is 39.1. The Morgan fingerprint density at radius 1 is 1.28 bits per heavy atom. The summed E-state index contributed by atoms with van der Waals surface area (Å²) >= 11 is 0. The predicted molar refractivity (Wildman–Crippen MR) is 69.2 cm³/mol. The van der Waals surface area contributed by atoms with Gasteiger partial charge in [-0.2, -0.15) is 0 Å². The smallest absolute Gasteiger partial charge is 0.238 e. The van der Waals surface area contributed by atoms with E-state index in [0.29, 0.717) is 18.2 Å². The zero-order valence-electron chi connectivity index (χ0n) is 11.3. The second-order valence-electron chi connectivity index (χ2n) is 6.33. The molecule has 3 rings (SSSR count). The van der Waals surface area contributed by atoms with Crippen molar-refractivity contribution in [2.45, 2.75) is 76.3 Å². The maximum atomic E-state index is 12.0. The molecule has 3 aliphatic rings. The number of carbonyl (C=O) groups is 1. The Kier molecular flexibility index (Phi) is 3.32. The summed E-state index contributed by atoms with van der Waals surface area (Å²) in [5, 5.41) is 6.48. The Bertz CT molecular complexity index is 328. The lowest BCUT2D eigenvalue weighted by Gasteiger charge is -2.16. The van der Waals surface area contributed by atoms with E-state index in [9.17, 15) is 4.79 Å². The molecule has 0 radical (unpaired) electrons. The highest BCUT2D eigenvalue weighted by atomic mass is 16.5. The van der Waals surface area contributed by atoms with Gasteiger partial charge in [-0.15, -0.1) is 0 Å². The first-order valence-electron chi connectivity index (χ1n) is 7.35. The van der Waals surface area contributed by atoms with Gasteiger partial charge in [-0.05, 0) is 51.9 Å². The van der Waals surface area contributed by atoms with Crippen LogP contribution in [0.1, 0.15) is 46.0 Å². The van der Waals surface area contributed by atoms with E-state index in [1.165, 1.54) is 12.8 Å². The van der Waals surface area contributed by atoms with Gasteiger partial charge in [-0.3, -0.25) is 10.1 Å². The second-order valence-corrected chi connectivity index (χ2v) is 6.33. The molecule has 102 valence electrons. The van der Waals surface area contributed by atoms with E-state index in [1.54, 1.807) is 0 Å². The number of carbonyl (C=O) groups excluding carboxylic acids is 1. The molecular weight excluding hydrogens is 228 g/mol. The maximum absolute atomic E-state index is 12.0. The molecule has 18 heavy (non-hydrogen) atoms. The van der Waals surface area contributed by atoms with Crippen molar-refractivity contribution in [2.75, 3.05) is 0 Å². The summed E-state index contributed by atoms with van der Waals surface area (Å²) < 4.78 is 5.80. The van der Waals surface area contributed by atoms with Crippen LogP contribution in [-0.4, -0.2) is 36.2 Å². The number of rotatable bonds is 5. The summed E-state index contributed by atoms with van der Waals surface area (Å²) in [6.07, 6.45) is 6.34. The first kappa shape index (κ1) is 12.4. The van der Waals surface area contributed by atoms with Gasteiger partial charge in [0.05, 0.1) is 12.2 Å². The third-order valence-corrected chi connectivity index (χ3v) is 4.23. The van der Waals surface area contributed by atoms with Crippen molar-refractivity contribution in [3.63, 3.8) is 0 Å². The van der Waals surface area contributed by atoms with Gasteiger partial charge >= 0.3 is 0 Å². The number of ether oxygens (including phenoxy) is 1. The fraction of sp³-hybridized carbons (Fsp3) is 0.929. The molecule has 2 N–H and O–H groups in total. The highest BCUT2D eigenvalue weighted by Gasteiger charge is 2.51. The zero-order valence-corrected chi connectivity index (χ0v) is 11.3. The molecule has 1 aliphatic heterocycles. The summed E-state index contributed by atoms with van der Waals surface area (Å²) in [6.45, 7) is 4.14. The number of amides is 1. The van der Waals surface area contributed by atoms with E-state index in [1.807, 2.05) is 0 Å². The summed E-state index contributed by atoms with van der Waals surface area (Å²) in [5.41, 5.74) is 0. The van der Waals surface area contributed by atoms with Crippen LogP contribution in [0.15, 0.2) is 0 Å². The molecule has 0 spiro atoms. The molecule has 4 heteroatoms. The molecule has 0 aromatic heterocycles. The molecule has 2 aliphatic carbocycles. The Hall–Kier alpha value is -0.610. The summed E-state index contributed by atoms with van der Waals surface area (Å²) in [7, 11) is 0. The molecule has 1 saturated heterocycles. The van der Waals surface area contributed by atoms with Gasteiger partial charge in [0.2, 0.25) is 5.91 Å². The van der Waals surface area contributed by atoms with Gasteiger partial charge in [0.25, 0.3) is 0 Å². The van der Waals surface area contributed by atoms with Crippen LogP contribution in [0, 0.1) is 5.92 Å². The first-order chi connectivity index (χ1) is 8.63. The fourth-order valence-corrected chi connectivity index (χ4v) is 3.12. The summed E-state index contributed by atoms with van der Waals surface area (Å²) in [5.74, 6) is 0.989. The quantitative estimate of drug-likeness (QED) is 0.723. The Morgan fingerprint density at radius 3 is 2.72 bits per heavy atom. The second kappa shape index (κ2) is 4.82. The van der Waals surface area contributed by atoms with Crippen LogP contribution in [0.2, 0.25) is 0 Å². The number of nitrogens with one attached hydrogen (secondary N) is 2. The van der Waals surface area contributed by atoms with E-state index in [4.69, 9.17) is 4.74 Å². The van der Waals surface area contributed by atoms with Crippen molar-refractivity contribution >= 4 is 5.91 Å². The van der Waals surface area contributed by atoms with E-state index in [-0.39, 0.29) is 18.1 Å². The largest absolute Gasteiger partial charge is 0.375 e. The van der Waals surface area contributed by atoms with Gasteiger partial charge in [0.1, 0.15) is 6.04 Å². The average molecular weight is 252 g/mol. The lowest BCUT2D eigenvalue weighted by molar-refractivity contribution is -0.121. The molecule has 2 saturated carbocycles. The van der Waals surface area contributed by atoms with Crippen molar-refractivity contribution in [3.05, 3.63) is 0 Å². The highest BCUT2D eigenvalue weighted by molar-refractivity contribution is 5.86. The van der Waals surface area contributed by atoms with Crippen molar-refractivity contribution in [3.8, 4) is 0 Å².